The van der Waals surface area contributed by atoms with E-state index in [1.807, 2.05) is 19.1 Å². The molecule has 1 fully saturated rings. The smallest absolute Gasteiger partial charge is 0.252 e. The molecule has 0 saturated heterocycles. The van der Waals surface area contributed by atoms with E-state index in [0.717, 1.165) is 24.0 Å². The maximum Gasteiger partial charge on any atom is 0.252 e. The summed E-state index contributed by atoms with van der Waals surface area (Å²) in [6.45, 7) is 3.83. The highest BCUT2D eigenvalue weighted by molar-refractivity contribution is 5.96. The van der Waals surface area contributed by atoms with Crippen molar-refractivity contribution in [1.29, 1.82) is 0 Å². The van der Waals surface area contributed by atoms with Crippen LogP contribution in [0.4, 0.5) is 0 Å². The maximum absolute atomic E-state index is 12.3. The van der Waals surface area contributed by atoms with E-state index in [9.17, 15) is 4.79 Å². The first-order valence-corrected chi connectivity index (χ1v) is 6.57. The highest BCUT2D eigenvalue weighted by Gasteiger charge is 2.33. The number of carbonyl (C=O) groups excluding carboxylic acids is 1. The highest BCUT2D eigenvalue weighted by Crippen LogP contribution is 2.31. The molecular weight excluding hydrogens is 238 g/mol. The molecule has 2 N–H and O–H groups in total. The van der Waals surface area contributed by atoms with Crippen LogP contribution in [0.5, 0.6) is 0 Å². The van der Waals surface area contributed by atoms with Crippen molar-refractivity contribution in [3.8, 4) is 11.8 Å². The predicted octanol–water partition coefficient (Wildman–Crippen LogP) is 2.01. The third-order valence-electron chi connectivity index (χ3n) is 3.67. The number of benzene rings is 1. The van der Waals surface area contributed by atoms with Gasteiger partial charge in [0.25, 0.3) is 5.91 Å². The molecule has 0 unspecified atom stereocenters. The lowest BCUT2D eigenvalue weighted by molar-refractivity contribution is 0.0850. The molecule has 1 saturated carbocycles. The lowest BCUT2D eigenvalue weighted by Crippen LogP contribution is -2.51. The summed E-state index contributed by atoms with van der Waals surface area (Å²) in [4.78, 5) is 12.3. The number of aliphatic hydroxyl groups is 1. The van der Waals surface area contributed by atoms with Crippen LogP contribution in [0.3, 0.4) is 0 Å². The Morgan fingerprint density at radius 3 is 2.79 bits per heavy atom. The molecule has 1 amide bonds. The molecule has 1 aromatic rings. The Hall–Kier alpha value is -1.79. The van der Waals surface area contributed by atoms with Gasteiger partial charge in [-0.05, 0) is 50.8 Å². The van der Waals surface area contributed by atoms with Gasteiger partial charge in [-0.1, -0.05) is 17.9 Å². The van der Waals surface area contributed by atoms with Crippen molar-refractivity contribution in [3.63, 3.8) is 0 Å². The second-order valence-corrected chi connectivity index (χ2v) is 5.36. The summed E-state index contributed by atoms with van der Waals surface area (Å²) in [7, 11) is 0. The van der Waals surface area contributed by atoms with Gasteiger partial charge < -0.3 is 10.4 Å². The van der Waals surface area contributed by atoms with Crippen LogP contribution in [0.15, 0.2) is 18.2 Å². The molecule has 1 aliphatic carbocycles. The average Bonchev–Trinajstić information content (AvgIpc) is 2.35. The zero-order chi connectivity index (χ0) is 13.9. The molecule has 0 aromatic heterocycles. The highest BCUT2D eigenvalue weighted by atomic mass is 16.2. The Morgan fingerprint density at radius 1 is 1.47 bits per heavy atom. The Morgan fingerprint density at radius 2 is 2.21 bits per heavy atom. The molecule has 0 atom stereocenters. The molecule has 100 valence electrons. The Bertz CT molecular complexity index is 548. The summed E-state index contributed by atoms with van der Waals surface area (Å²) in [5.41, 5.74) is 2.31. The van der Waals surface area contributed by atoms with Crippen molar-refractivity contribution in [2.45, 2.75) is 38.6 Å². The first-order valence-electron chi connectivity index (χ1n) is 6.57. The summed E-state index contributed by atoms with van der Waals surface area (Å²) >= 11 is 0. The van der Waals surface area contributed by atoms with Gasteiger partial charge in [0.05, 0.1) is 0 Å². The number of hydrogen-bond acceptors (Lipinski definition) is 2. The van der Waals surface area contributed by atoms with Crippen LogP contribution < -0.4 is 5.32 Å². The van der Waals surface area contributed by atoms with Gasteiger partial charge >= 0.3 is 0 Å². The summed E-state index contributed by atoms with van der Waals surface area (Å²) in [5, 5.41) is 11.8. The van der Waals surface area contributed by atoms with Gasteiger partial charge in [0.1, 0.15) is 6.61 Å². The molecule has 0 aliphatic heterocycles. The van der Waals surface area contributed by atoms with E-state index >= 15 is 0 Å². The van der Waals surface area contributed by atoms with Crippen molar-refractivity contribution >= 4 is 5.91 Å². The van der Waals surface area contributed by atoms with Gasteiger partial charge in [-0.2, -0.15) is 0 Å². The van der Waals surface area contributed by atoms with Crippen LogP contribution in [0.25, 0.3) is 0 Å². The van der Waals surface area contributed by atoms with Crippen molar-refractivity contribution < 1.29 is 9.90 Å². The molecule has 1 aromatic carbocycles. The largest absolute Gasteiger partial charge is 0.384 e. The summed E-state index contributed by atoms with van der Waals surface area (Å²) < 4.78 is 0. The van der Waals surface area contributed by atoms with Gasteiger partial charge in [-0.15, -0.1) is 0 Å². The van der Waals surface area contributed by atoms with E-state index in [2.05, 4.69) is 24.1 Å². The van der Waals surface area contributed by atoms with Crippen LogP contribution in [0.2, 0.25) is 0 Å². The first kappa shape index (κ1) is 13.6. The van der Waals surface area contributed by atoms with Crippen LogP contribution in [-0.4, -0.2) is 23.2 Å². The van der Waals surface area contributed by atoms with Crippen LogP contribution in [0.1, 0.15) is 47.7 Å². The fourth-order valence-electron chi connectivity index (χ4n) is 2.26. The molecule has 0 spiro atoms. The topological polar surface area (TPSA) is 49.3 Å². The third kappa shape index (κ3) is 3.15. The van der Waals surface area contributed by atoms with Crippen molar-refractivity contribution in [1.82, 2.24) is 5.32 Å². The third-order valence-corrected chi connectivity index (χ3v) is 3.67. The number of nitrogens with one attached hydrogen (secondary N) is 1. The Balaban J connectivity index is 2.20. The lowest BCUT2D eigenvalue weighted by Gasteiger charge is -2.39. The van der Waals surface area contributed by atoms with Crippen molar-refractivity contribution in [2.24, 2.45) is 0 Å². The van der Waals surface area contributed by atoms with Crippen molar-refractivity contribution in [3.05, 3.63) is 34.9 Å². The quantitative estimate of drug-likeness (QED) is 0.796. The van der Waals surface area contributed by atoms with E-state index in [-0.39, 0.29) is 18.1 Å². The van der Waals surface area contributed by atoms with Gasteiger partial charge in [-0.25, -0.2) is 0 Å². The standard InChI is InChI=1S/C16H19NO2/c1-12-6-7-13(5-3-10-18)11-14(12)15(19)17-16(2)8-4-9-16/h6-7,11,18H,4,8-10H2,1-2H3,(H,17,19). The molecule has 0 bridgehead atoms. The number of aliphatic hydroxyl groups excluding tert-OH is 1. The number of amides is 1. The lowest BCUT2D eigenvalue weighted by atomic mass is 9.78. The molecule has 19 heavy (non-hydrogen) atoms. The maximum atomic E-state index is 12.3. The monoisotopic (exact) mass is 257 g/mol. The van der Waals surface area contributed by atoms with E-state index in [1.165, 1.54) is 6.42 Å². The normalized spacial score (nSPS) is 15.9. The fraction of sp³-hybridized carbons (Fsp3) is 0.438. The average molecular weight is 257 g/mol. The molecule has 3 heteroatoms. The summed E-state index contributed by atoms with van der Waals surface area (Å²) in [5.74, 6) is 5.39. The molecule has 0 radical (unpaired) electrons. The second kappa shape index (κ2) is 5.46. The van der Waals surface area contributed by atoms with E-state index in [0.29, 0.717) is 5.56 Å². The van der Waals surface area contributed by atoms with Gasteiger partial charge in [0, 0.05) is 16.7 Å². The fourth-order valence-corrected chi connectivity index (χ4v) is 2.26. The van der Waals surface area contributed by atoms with Crippen molar-refractivity contribution in [2.75, 3.05) is 6.61 Å². The van der Waals surface area contributed by atoms with Gasteiger partial charge in [0.2, 0.25) is 0 Å². The molecule has 0 heterocycles. The SMILES string of the molecule is Cc1ccc(C#CCO)cc1C(=O)NC1(C)CCC1. The van der Waals surface area contributed by atoms with Gasteiger partial charge in [0.15, 0.2) is 0 Å². The summed E-state index contributed by atoms with van der Waals surface area (Å²) in [6, 6.07) is 5.54. The number of aryl methyl sites for hydroxylation is 1. The van der Waals surface area contributed by atoms with E-state index in [4.69, 9.17) is 5.11 Å². The summed E-state index contributed by atoms with van der Waals surface area (Å²) in [6.07, 6.45) is 3.27. The second-order valence-electron chi connectivity index (χ2n) is 5.36. The van der Waals surface area contributed by atoms with Gasteiger partial charge in [-0.3, -0.25) is 4.79 Å². The minimum absolute atomic E-state index is 0.0349. The molecule has 2 rings (SSSR count). The van der Waals surface area contributed by atoms with Crippen LogP contribution >= 0.6 is 0 Å². The number of carbonyl (C=O) groups is 1. The zero-order valence-electron chi connectivity index (χ0n) is 11.4. The first-order chi connectivity index (χ1) is 9.04. The van der Waals surface area contributed by atoms with Crippen LogP contribution in [0, 0.1) is 18.8 Å². The Kier molecular flexibility index (Phi) is 3.92. The van der Waals surface area contributed by atoms with Crippen LogP contribution in [-0.2, 0) is 0 Å². The van der Waals surface area contributed by atoms with E-state index < -0.39 is 0 Å². The molecule has 1 aliphatic rings. The molecule has 3 nitrogen and oxygen atoms in total. The zero-order valence-corrected chi connectivity index (χ0v) is 11.4. The number of rotatable bonds is 2. The minimum atomic E-state index is -0.173. The Labute approximate surface area is 114 Å². The molecular formula is C16H19NO2. The minimum Gasteiger partial charge on any atom is -0.384 e. The predicted molar refractivity (Wildman–Crippen MR) is 74.9 cm³/mol. The van der Waals surface area contributed by atoms with E-state index in [1.54, 1.807) is 6.07 Å². The number of hydrogen-bond donors (Lipinski definition) is 2.